The molecule has 61 heavy (non-hydrogen) atoms. The van der Waals surface area contributed by atoms with Crippen LogP contribution in [-0.2, 0) is 9.59 Å². The van der Waals surface area contributed by atoms with E-state index in [2.05, 4.69) is 78.1 Å². The molecule has 2 fully saturated rings. The van der Waals surface area contributed by atoms with Crippen molar-refractivity contribution >= 4 is 34.9 Å². The van der Waals surface area contributed by atoms with Crippen LogP contribution in [0.1, 0.15) is 64.5 Å². The molecule has 0 aliphatic carbocycles. The highest BCUT2D eigenvalue weighted by Gasteiger charge is 2.45. The number of amidine groups is 2. The number of halogens is 2. The molecule has 6 heterocycles. The molecule has 0 bridgehead atoms. The van der Waals surface area contributed by atoms with Gasteiger partial charge in [0.05, 0.1) is 11.4 Å². The molecule has 0 unspecified atom stereocenters. The Morgan fingerprint density at radius 3 is 1.49 bits per heavy atom. The summed E-state index contributed by atoms with van der Waals surface area (Å²) in [5.74, 6) is 2.16. The second-order valence-electron chi connectivity index (χ2n) is 18.0. The molecule has 4 aromatic rings. The summed E-state index contributed by atoms with van der Waals surface area (Å²) in [6.07, 6.45) is 0. The van der Waals surface area contributed by atoms with Crippen molar-refractivity contribution < 1.29 is 27.8 Å². The number of amides is 2. The Hall–Kier alpha value is -5.86. The Balaban J connectivity index is 0.000000156. The lowest BCUT2D eigenvalue weighted by Gasteiger charge is -2.51. The highest BCUT2D eigenvalue weighted by atomic mass is 19.1. The first-order valence-corrected chi connectivity index (χ1v) is 21.0. The Kier molecular flexibility index (Phi) is 10.1. The fraction of sp³-hybridized carbons (Fsp3) is 0.404. The Morgan fingerprint density at radius 2 is 1.10 bits per heavy atom. The number of rotatable bonds is 6. The molecule has 2 amide bonds. The van der Waals surface area contributed by atoms with Crippen LogP contribution in [0.25, 0.3) is 22.3 Å². The van der Waals surface area contributed by atoms with Crippen LogP contribution in [0.2, 0.25) is 0 Å². The van der Waals surface area contributed by atoms with E-state index in [0.717, 1.165) is 59.8 Å². The lowest BCUT2D eigenvalue weighted by molar-refractivity contribution is -0.123. The minimum absolute atomic E-state index is 0.0750. The van der Waals surface area contributed by atoms with Gasteiger partial charge in [-0.3, -0.25) is 9.59 Å². The van der Waals surface area contributed by atoms with Gasteiger partial charge in [0.25, 0.3) is 11.8 Å². The van der Waals surface area contributed by atoms with Crippen LogP contribution in [0.4, 0.5) is 20.2 Å². The lowest BCUT2D eigenvalue weighted by atomic mass is 9.68. The molecule has 4 aromatic carbocycles. The summed E-state index contributed by atoms with van der Waals surface area (Å²) < 4.78 is 41.6. The van der Waals surface area contributed by atoms with Gasteiger partial charge in [-0.1, -0.05) is 64.1 Å². The molecule has 6 aliphatic rings. The van der Waals surface area contributed by atoms with Crippen LogP contribution < -0.4 is 35.4 Å². The Morgan fingerprint density at radius 1 is 0.672 bits per heavy atom. The van der Waals surface area contributed by atoms with E-state index >= 15 is 0 Å². The standard InChI is InChI=1S/C24H27FN4O2.C23H25FN4O2/c1-14(24(3)12-28(4)13-24)17-9-20-21(10-18(17)16-7-5-6-8-19(16)25)31-11-22-26-27-23(30)15(2)29(20)22;1-13(23(3)11-25-12-23)16-8-19-20(9-17(16)15-6-4-5-7-18(15)24)30-10-21-26-27-22(29)14(2)28(19)21/h5-10,14-15H,11-13H2,1-4H3,(H,27,30);4-9,13-14,25H,10-12H2,1-3H3,(H,27,29)/t14-,15-;13-,14-/m11/s1. The summed E-state index contributed by atoms with van der Waals surface area (Å²) in [7, 11) is 2.11. The zero-order valence-electron chi connectivity index (χ0n) is 35.6. The molecule has 3 N–H and O–H groups in total. The van der Waals surface area contributed by atoms with E-state index in [0.29, 0.717) is 34.3 Å². The van der Waals surface area contributed by atoms with Crippen molar-refractivity contribution in [2.45, 2.75) is 65.5 Å². The molecule has 4 atom stereocenters. The average molecular weight is 831 g/mol. The van der Waals surface area contributed by atoms with Crippen molar-refractivity contribution in [2.24, 2.45) is 21.0 Å². The Bertz CT molecular complexity index is 2500. The number of fused-ring (bicyclic) bond motifs is 6. The number of anilines is 2. The predicted molar refractivity (Wildman–Crippen MR) is 233 cm³/mol. The maximum atomic E-state index is 14.9. The summed E-state index contributed by atoms with van der Waals surface area (Å²) in [5, 5.41) is 11.7. The van der Waals surface area contributed by atoms with Crippen LogP contribution in [0.15, 0.2) is 83.0 Å². The van der Waals surface area contributed by atoms with Gasteiger partial charge in [0.2, 0.25) is 0 Å². The summed E-state index contributed by atoms with van der Waals surface area (Å²) in [5.41, 5.74) is 11.8. The molecule has 0 radical (unpaired) electrons. The number of likely N-dealkylation sites (tertiary alicyclic amines) is 1. The van der Waals surface area contributed by atoms with Crippen molar-refractivity contribution in [1.29, 1.82) is 0 Å². The third kappa shape index (κ3) is 6.89. The average Bonchev–Trinajstić information content (AvgIpc) is 3.23. The minimum Gasteiger partial charge on any atom is -0.483 e. The third-order valence-electron chi connectivity index (χ3n) is 13.8. The van der Waals surface area contributed by atoms with Gasteiger partial charge in [-0.25, -0.2) is 19.6 Å². The van der Waals surface area contributed by atoms with Crippen molar-refractivity contribution in [3.8, 4) is 33.8 Å². The molecule has 2 saturated heterocycles. The van der Waals surface area contributed by atoms with Gasteiger partial charge in [-0.15, -0.1) is 0 Å². The minimum atomic E-state index is -0.400. The molecule has 12 nitrogen and oxygen atoms in total. The molecule has 318 valence electrons. The van der Waals surface area contributed by atoms with Gasteiger partial charge in [0.15, 0.2) is 11.7 Å². The molecule has 10 rings (SSSR count). The van der Waals surface area contributed by atoms with Gasteiger partial charge >= 0.3 is 0 Å². The predicted octanol–water partition coefficient (Wildman–Crippen LogP) is 6.81. The van der Waals surface area contributed by atoms with E-state index < -0.39 is 12.1 Å². The number of benzene rings is 4. The molecule has 0 spiro atoms. The SMILES string of the molecule is C[C@@H]1C(=O)NN=C2COc3cc(-c4ccccc4F)c([C@@H](C)C4(C)CN(C)C4)cc3N21.C[C@@H]1C(=O)NN=C2COc3cc(-c4ccccc4F)c([C@@H](C)C4(C)CNC4)cc3N21. The van der Waals surface area contributed by atoms with Gasteiger partial charge in [0, 0.05) is 37.3 Å². The van der Waals surface area contributed by atoms with Crippen LogP contribution in [0, 0.1) is 22.5 Å². The molecular formula is C47H52F2N8O4. The molecular weight excluding hydrogens is 779 g/mol. The zero-order chi connectivity index (χ0) is 43.0. The molecule has 6 aliphatic heterocycles. The van der Waals surface area contributed by atoms with Gasteiger partial charge < -0.3 is 29.5 Å². The first-order chi connectivity index (χ1) is 29.2. The number of hydrazone groups is 2. The summed E-state index contributed by atoms with van der Waals surface area (Å²) in [6.45, 7) is 16.9. The fourth-order valence-electron chi connectivity index (χ4n) is 9.76. The first-order valence-electron chi connectivity index (χ1n) is 21.0. The van der Waals surface area contributed by atoms with Gasteiger partial charge in [-0.05, 0) is 102 Å². The molecule has 0 saturated carbocycles. The van der Waals surface area contributed by atoms with Gasteiger partial charge in [0.1, 0.15) is 48.4 Å². The smallest absolute Gasteiger partial charge is 0.262 e. The van der Waals surface area contributed by atoms with Crippen LogP contribution in [0.5, 0.6) is 11.5 Å². The van der Waals surface area contributed by atoms with Crippen molar-refractivity contribution in [1.82, 2.24) is 21.1 Å². The Labute approximate surface area is 355 Å². The third-order valence-corrected chi connectivity index (χ3v) is 13.8. The maximum Gasteiger partial charge on any atom is 0.262 e. The number of nitrogens with zero attached hydrogens (tertiary/aromatic N) is 5. The van der Waals surface area contributed by atoms with E-state index in [1.807, 2.05) is 54.0 Å². The lowest BCUT2D eigenvalue weighted by Crippen LogP contribution is -2.56. The zero-order valence-corrected chi connectivity index (χ0v) is 35.6. The topological polar surface area (TPSA) is 123 Å². The quantitative estimate of drug-likeness (QED) is 0.194. The number of hydrogen-bond acceptors (Lipinski definition) is 10. The maximum absolute atomic E-state index is 14.9. The van der Waals surface area contributed by atoms with E-state index in [-0.39, 0.29) is 59.3 Å². The monoisotopic (exact) mass is 830 g/mol. The second-order valence-corrected chi connectivity index (χ2v) is 18.0. The highest BCUT2D eigenvalue weighted by molar-refractivity contribution is 6.10. The van der Waals surface area contributed by atoms with Gasteiger partial charge in [-0.2, -0.15) is 10.2 Å². The summed E-state index contributed by atoms with van der Waals surface area (Å²) >= 11 is 0. The van der Waals surface area contributed by atoms with Crippen molar-refractivity contribution in [3.63, 3.8) is 0 Å². The van der Waals surface area contributed by atoms with Crippen molar-refractivity contribution in [3.05, 3.63) is 95.6 Å². The number of carbonyl (C=O) groups excluding carboxylic acids is 2. The molecule has 14 heteroatoms. The number of nitrogens with one attached hydrogen (secondary N) is 3. The highest BCUT2D eigenvalue weighted by Crippen LogP contribution is 2.50. The molecule has 0 aromatic heterocycles. The normalized spacial score (nSPS) is 22.8. The number of carbonyl (C=O) groups is 2. The van der Waals surface area contributed by atoms with Crippen molar-refractivity contribution in [2.75, 3.05) is 56.2 Å². The van der Waals surface area contributed by atoms with Crippen LogP contribution in [-0.4, -0.2) is 86.9 Å². The van der Waals surface area contributed by atoms with E-state index in [9.17, 15) is 18.4 Å². The van der Waals surface area contributed by atoms with E-state index in [1.165, 1.54) is 12.1 Å². The number of ether oxygens (including phenoxy) is 2. The largest absolute Gasteiger partial charge is 0.483 e. The van der Waals surface area contributed by atoms with Crippen LogP contribution in [0.3, 0.4) is 0 Å². The van der Waals surface area contributed by atoms with E-state index in [1.54, 1.807) is 18.2 Å². The number of hydrogen-bond donors (Lipinski definition) is 3. The first kappa shape index (κ1) is 40.5. The fourth-order valence-corrected chi connectivity index (χ4v) is 9.76. The summed E-state index contributed by atoms with van der Waals surface area (Å²) in [4.78, 5) is 30.7. The van der Waals surface area contributed by atoms with Crippen LogP contribution >= 0.6 is 0 Å². The second kappa shape index (κ2) is 15.2. The van der Waals surface area contributed by atoms with E-state index in [4.69, 9.17) is 9.47 Å². The summed E-state index contributed by atoms with van der Waals surface area (Å²) in [6, 6.07) is 20.9.